The summed E-state index contributed by atoms with van der Waals surface area (Å²) < 4.78 is 0. The van der Waals surface area contributed by atoms with E-state index >= 15 is 0 Å². The predicted molar refractivity (Wildman–Crippen MR) is 41.5 cm³/mol. The Morgan fingerprint density at radius 1 is 0.909 bits per heavy atom. The normalized spacial score (nSPS) is 60.3. The van der Waals surface area contributed by atoms with Gasteiger partial charge in [0.25, 0.3) is 0 Å². The van der Waals surface area contributed by atoms with Gasteiger partial charge < -0.3 is 5.73 Å². The van der Waals surface area contributed by atoms with Crippen molar-refractivity contribution in [3.8, 4) is 0 Å². The molecule has 4 saturated heterocycles. The fraction of sp³-hybridized carbons (Fsp3) is 1.00. The fourth-order valence-electron chi connectivity index (χ4n) is 2.70. The van der Waals surface area contributed by atoms with Crippen LogP contribution in [0.25, 0.3) is 0 Å². The summed E-state index contributed by atoms with van der Waals surface area (Å²) >= 11 is 0. The molecule has 0 unspecified atom stereocenters. The van der Waals surface area contributed by atoms with Gasteiger partial charge in [-0.2, -0.15) is 0 Å². The summed E-state index contributed by atoms with van der Waals surface area (Å²) in [6.07, 6.45) is 4.63. The lowest BCUT2D eigenvalue weighted by molar-refractivity contribution is 0.0186. The van der Waals surface area contributed by atoms with Crippen LogP contribution in [0, 0.1) is 0 Å². The van der Waals surface area contributed by atoms with Gasteiger partial charge in [0.05, 0.1) is 18.5 Å². The van der Waals surface area contributed by atoms with Crippen LogP contribution in [-0.2, 0) is 0 Å². The van der Waals surface area contributed by atoms with E-state index in [1.807, 2.05) is 0 Å². The highest BCUT2D eigenvalue weighted by atomic mass is 15.4. The third-order valence-corrected chi connectivity index (χ3v) is 3.04. The van der Waals surface area contributed by atoms with Crippen LogP contribution in [0.2, 0.25) is 0 Å². The maximum absolute atomic E-state index is 6.20. The monoisotopic (exact) mass is 154 g/mol. The molecular weight excluding hydrogens is 140 g/mol. The minimum absolute atomic E-state index is 0.113. The Morgan fingerprint density at radius 3 is 1.55 bits per heavy atom. The van der Waals surface area contributed by atoms with Crippen molar-refractivity contribution in [1.82, 2.24) is 16.0 Å². The second-order valence-corrected chi connectivity index (χ2v) is 4.13. The van der Waals surface area contributed by atoms with Gasteiger partial charge in [-0.05, 0) is 19.3 Å². The Kier molecular flexibility index (Phi) is 1.02. The SMILES string of the molecule is NC12CC3NC(C1)NC(C2)N3. The van der Waals surface area contributed by atoms with Crippen molar-refractivity contribution >= 4 is 0 Å². The van der Waals surface area contributed by atoms with E-state index in [1.54, 1.807) is 0 Å². The number of piperidine rings is 3. The molecule has 0 aliphatic carbocycles. The van der Waals surface area contributed by atoms with Crippen LogP contribution < -0.4 is 21.7 Å². The van der Waals surface area contributed by atoms with E-state index in [2.05, 4.69) is 16.0 Å². The van der Waals surface area contributed by atoms with Gasteiger partial charge >= 0.3 is 0 Å². The summed E-state index contributed by atoms with van der Waals surface area (Å²) in [4.78, 5) is 0. The van der Waals surface area contributed by atoms with Crippen LogP contribution in [0.3, 0.4) is 0 Å². The second kappa shape index (κ2) is 1.77. The molecule has 0 atom stereocenters. The molecule has 0 aromatic rings. The molecule has 4 aliphatic rings. The van der Waals surface area contributed by atoms with Gasteiger partial charge in [0.2, 0.25) is 0 Å². The van der Waals surface area contributed by atoms with E-state index in [1.165, 1.54) is 0 Å². The number of nitrogens with one attached hydrogen (secondary N) is 3. The number of rotatable bonds is 0. The molecule has 11 heavy (non-hydrogen) atoms. The molecule has 4 heteroatoms. The Morgan fingerprint density at radius 2 is 1.27 bits per heavy atom. The molecule has 0 spiro atoms. The molecule has 4 rings (SSSR count). The van der Waals surface area contributed by atoms with Crippen LogP contribution in [-0.4, -0.2) is 24.0 Å². The van der Waals surface area contributed by atoms with Crippen LogP contribution in [0.5, 0.6) is 0 Å². The van der Waals surface area contributed by atoms with Crippen molar-refractivity contribution in [3.05, 3.63) is 0 Å². The van der Waals surface area contributed by atoms with Gasteiger partial charge in [0.1, 0.15) is 0 Å². The van der Waals surface area contributed by atoms with Crippen LogP contribution in [0.1, 0.15) is 19.3 Å². The Labute approximate surface area is 65.9 Å². The molecular formula is C7H14N4. The van der Waals surface area contributed by atoms with Crippen molar-refractivity contribution in [1.29, 1.82) is 0 Å². The van der Waals surface area contributed by atoms with Gasteiger partial charge in [-0.25, -0.2) is 0 Å². The Bertz CT molecular complexity index is 156. The van der Waals surface area contributed by atoms with Crippen molar-refractivity contribution in [2.45, 2.75) is 43.3 Å². The molecule has 0 radical (unpaired) electrons. The maximum atomic E-state index is 6.20. The number of hydrogen-bond donors (Lipinski definition) is 4. The van der Waals surface area contributed by atoms with Crippen molar-refractivity contribution in [3.63, 3.8) is 0 Å². The number of hydrogen-bond acceptors (Lipinski definition) is 4. The van der Waals surface area contributed by atoms with E-state index in [0.717, 1.165) is 19.3 Å². The van der Waals surface area contributed by atoms with E-state index in [4.69, 9.17) is 5.73 Å². The fourth-order valence-corrected chi connectivity index (χ4v) is 2.70. The van der Waals surface area contributed by atoms with Gasteiger partial charge in [-0.15, -0.1) is 0 Å². The standard InChI is InChI=1S/C7H14N4/c8-7-1-4-9-5(2-7)11-6(3-7)10-4/h4-6,9-11H,1-3,8H2. The molecule has 0 aromatic carbocycles. The molecule has 0 amide bonds. The van der Waals surface area contributed by atoms with Crippen LogP contribution in [0.15, 0.2) is 0 Å². The number of nitrogens with two attached hydrogens (primary N) is 1. The maximum Gasteiger partial charge on any atom is 0.0613 e. The minimum atomic E-state index is 0.113. The topological polar surface area (TPSA) is 62.1 Å². The van der Waals surface area contributed by atoms with Gasteiger partial charge in [-0.3, -0.25) is 16.0 Å². The molecule has 62 valence electrons. The van der Waals surface area contributed by atoms with Gasteiger partial charge in [0.15, 0.2) is 0 Å². The smallest absolute Gasteiger partial charge is 0.0613 e. The first-order valence-electron chi connectivity index (χ1n) is 4.31. The van der Waals surface area contributed by atoms with E-state index < -0.39 is 0 Å². The molecule has 4 aliphatic heterocycles. The first kappa shape index (κ1) is 6.37. The molecule has 0 saturated carbocycles. The third kappa shape index (κ3) is 0.840. The molecule has 4 bridgehead atoms. The Hall–Kier alpha value is -0.160. The quantitative estimate of drug-likeness (QED) is 0.348. The summed E-state index contributed by atoms with van der Waals surface area (Å²) in [5.74, 6) is 0. The lowest BCUT2D eigenvalue weighted by Gasteiger charge is -2.56. The molecule has 4 fully saturated rings. The van der Waals surface area contributed by atoms with Crippen LogP contribution in [0.4, 0.5) is 0 Å². The third-order valence-electron chi connectivity index (χ3n) is 3.04. The zero-order valence-electron chi connectivity index (χ0n) is 6.43. The van der Waals surface area contributed by atoms with Crippen molar-refractivity contribution in [2.24, 2.45) is 5.73 Å². The Balaban J connectivity index is 1.94. The molecule has 4 heterocycles. The first-order valence-corrected chi connectivity index (χ1v) is 4.31. The molecule has 0 aromatic heterocycles. The largest absolute Gasteiger partial charge is 0.325 e. The van der Waals surface area contributed by atoms with E-state index in [9.17, 15) is 0 Å². The highest BCUT2D eigenvalue weighted by Gasteiger charge is 2.48. The van der Waals surface area contributed by atoms with Crippen molar-refractivity contribution < 1.29 is 0 Å². The summed E-state index contributed by atoms with van der Waals surface area (Å²) in [5, 5.41) is 10.3. The lowest BCUT2D eigenvalue weighted by Crippen LogP contribution is -2.80. The minimum Gasteiger partial charge on any atom is -0.325 e. The van der Waals surface area contributed by atoms with E-state index in [-0.39, 0.29) is 5.54 Å². The predicted octanol–water partition coefficient (Wildman–Crippen LogP) is -1.36. The average Bonchev–Trinajstić information content (AvgIpc) is 1.79. The molecule has 4 nitrogen and oxygen atoms in total. The first-order chi connectivity index (χ1) is 5.23. The second-order valence-electron chi connectivity index (χ2n) is 4.13. The zero-order chi connectivity index (χ0) is 7.47. The summed E-state index contributed by atoms with van der Waals surface area (Å²) in [5.41, 5.74) is 6.31. The molecule has 5 N–H and O–H groups in total. The zero-order valence-corrected chi connectivity index (χ0v) is 6.43. The highest BCUT2D eigenvalue weighted by molar-refractivity contribution is 5.07. The highest BCUT2D eigenvalue weighted by Crippen LogP contribution is 2.33. The average molecular weight is 154 g/mol. The van der Waals surface area contributed by atoms with E-state index in [0.29, 0.717) is 18.5 Å². The lowest BCUT2D eigenvalue weighted by atomic mass is 9.76. The van der Waals surface area contributed by atoms with Gasteiger partial charge in [0, 0.05) is 5.54 Å². The summed E-state index contributed by atoms with van der Waals surface area (Å²) in [6.45, 7) is 0. The summed E-state index contributed by atoms with van der Waals surface area (Å²) in [6, 6.07) is 0. The van der Waals surface area contributed by atoms with Gasteiger partial charge in [-0.1, -0.05) is 0 Å². The summed E-state index contributed by atoms with van der Waals surface area (Å²) in [7, 11) is 0. The van der Waals surface area contributed by atoms with Crippen molar-refractivity contribution in [2.75, 3.05) is 0 Å². The van der Waals surface area contributed by atoms with Crippen LogP contribution >= 0.6 is 0 Å².